The van der Waals surface area contributed by atoms with Crippen molar-refractivity contribution in [2.24, 2.45) is 0 Å². The van der Waals surface area contributed by atoms with E-state index >= 15 is 0 Å². The van der Waals surface area contributed by atoms with Crippen LogP contribution in [0.15, 0.2) is 78.9 Å². The van der Waals surface area contributed by atoms with Gasteiger partial charge in [0.15, 0.2) is 0 Å². The van der Waals surface area contributed by atoms with Gasteiger partial charge >= 0.3 is 0 Å². The fraction of sp³-hybridized carbons (Fsp3) is 0.136. The maximum absolute atomic E-state index is 12.4. The van der Waals surface area contributed by atoms with Gasteiger partial charge in [0.05, 0.1) is 17.5 Å². The van der Waals surface area contributed by atoms with E-state index in [1.54, 1.807) is 12.1 Å². The van der Waals surface area contributed by atoms with E-state index in [1.807, 2.05) is 61.5 Å². The van der Waals surface area contributed by atoms with E-state index in [1.165, 1.54) is 12.1 Å². The fourth-order valence-corrected chi connectivity index (χ4v) is 2.96. The lowest BCUT2D eigenvalue weighted by Crippen LogP contribution is -2.32. The molecule has 6 heteroatoms. The molecule has 142 valence electrons. The minimum atomic E-state index is -0.512. The molecule has 0 unspecified atom stereocenters. The number of nitrogens with one attached hydrogen (secondary N) is 2. The van der Waals surface area contributed by atoms with Crippen LogP contribution >= 0.6 is 0 Å². The Labute approximate surface area is 163 Å². The second kappa shape index (κ2) is 8.92. The second-order valence-electron chi connectivity index (χ2n) is 6.46. The van der Waals surface area contributed by atoms with Gasteiger partial charge in [0.2, 0.25) is 5.91 Å². The third-order valence-electron chi connectivity index (χ3n) is 4.39. The quantitative estimate of drug-likeness (QED) is 0.478. The summed E-state index contributed by atoms with van der Waals surface area (Å²) in [4.78, 5) is 23.0. The van der Waals surface area contributed by atoms with Crippen LogP contribution in [0, 0.1) is 17.0 Å². The molecule has 3 rings (SSSR count). The molecule has 0 aliphatic heterocycles. The highest BCUT2D eigenvalue weighted by molar-refractivity contribution is 5.94. The number of hydrogen-bond acceptors (Lipinski definition) is 4. The first-order valence-electron chi connectivity index (χ1n) is 8.93. The fourth-order valence-electron chi connectivity index (χ4n) is 2.96. The van der Waals surface area contributed by atoms with Crippen LogP contribution in [0.2, 0.25) is 0 Å². The molecule has 0 saturated heterocycles. The minimum absolute atomic E-state index is 0.0134. The van der Waals surface area contributed by atoms with Crippen molar-refractivity contribution in [3.05, 3.63) is 106 Å². The molecule has 0 heterocycles. The lowest BCUT2D eigenvalue weighted by atomic mass is 9.98. The maximum atomic E-state index is 12.4. The largest absolute Gasteiger partial charge is 0.319 e. The molecule has 3 aromatic carbocycles. The average Bonchev–Trinajstić information content (AvgIpc) is 2.70. The van der Waals surface area contributed by atoms with Crippen LogP contribution in [0.1, 0.15) is 22.7 Å². The molecule has 0 bridgehead atoms. The highest BCUT2D eigenvalue weighted by Crippen LogP contribution is 2.24. The van der Waals surface area contributed by atoms with Gasteiger partial charge in [-0.15, -0.1) is 0 Å². The standard InChI is InChI=1S/C22H21N3O3/c1-16-11-13-18(14-12-16)22(17-7-3-2-4-8-17)23-15-21(26)24-19-9-5-6-10-20(19)25(27)28/h2-14,22-23H,15H2,1H3,(H,24,26)/t22-/m1/s1. The summed E-state index contributed by atoms with van der Waals surface area (Å²) in [7, 11) is 0. The number of para-hydroxylation sites is 2. The van der Waals surface area contributed by atoms with Crippen molar-refractivity contribution in [1.29, 1.82) is 0 Å². The van der Waals surface area contributed by atoms with Crippen molar-refractivity contribution < 1.29 is 9.72 Å². The summed E-state index contributed by atoms with van der Waals surface area (Å²) in [6.07, 6.45) is 0. The van der Waals surface area contributed by atoms with Gasteiger partial charge in [-0.3, -0.25) is 20.2 Å². The van der Waals surface area contributed by atoms with Crippen LogP contribution in [0.25, 0.3) is 0 Å². The molecular weight excluding hydrogens is 354 g/mol. The molecule has 2 N–H and O–H groups in total. The first kappa shape index (κ1) is 19.3. The topological polar surface area (TPSA) is 84.3 Å². The van der Waals surface area contributed by atoms with Crippen LogP contribution in [0.4, 0.5) is 11.4 Å². The Balaban J connectivity index is 1.74. The summed E-state index contributed by atoms with van der Waals surface area (Å²) in [6.45, 7) is 2.04. The highest BCUT2D eigenvalue weighted by Gasteiger charge is 2.17. The molecule has 28 heavy (non-hydrogen) atoms. The Morgan fingerprint density at radius 2 is 1.54 bits per heavy atom. The van der Waals surface area contributed by atoms with E-state index in [0.717, 1.165) is 16.7 Å². The van der Waals surface area contributed by atoms with E-state index < -0.39 is 4.92 Å². The summed E-state index contributed by atoms with van der Waals surface area (Å²) < 4.78 is 0. The number of anilines is 1. The van der Waals surface area contributed by atoms with Crippen molar-refractivity contribution in [3.63, 3.8) is 0 Å². The molecule has 0 fully saturated rings. The molecule has 0 spiro atoms. The highest BCUT2D eigenvalue weighted by atomic mass is 16.6. The number of nitro groups is 1. The minimum Gasteiger partial charge on any atom is -0.319 e. The summed E-state index contributed by atoms with van der Waals surface area (Å²) >= 11 is 0. The Morgan fingerprint density at radius 1 is 0.929 bits per heavy atom. The smallest absolute Gasteiger partial charge is 0.292 e. The predicted molar refractivity (Wildman–Crippen MR) is 109 cm³/mol. The van der Waals surface area contributed by atoms with E-state index in [9.17, 15) is 14.9 Å². The number of hydrogen-bond donors (Lipinski definition) is 2. The van der Waals surface area contributed by atoms with Crippen molar-refractivity contribution in [2.75, 3.05) is 11.9 Å². The zero-order valence-electron chi connectivity index (χ0n) is 15.5. The van der Waals surface area contributed by atoms with Gasteiger partial charge < -0.3 is 5.32 Å². The third-order valence-corrected chi connectivity index (χ3v) is 4.39. The van der Waals surface area contributed by atoms with Gasteiger partial charge in [-0.05, 0) is 24.1 Å². The molecule has 0 aliphatic rings. The molecule has 0 saturated carbocycles. The third kappa shape index (κ3) is 4.81. The zero-order chi connectivity index (χ0) is 19.9. The van der Waals surface area contributed by atoms with Gasteiger partial charge in [0, 0.05) is 6.07 Å². The van der Waals surface area contributed by atoms with E-state index in [2.05, 4.69) is 10.6 Å². The molecule has 0 aromatic heterocycles. The Hall–Kier alpha value is -3.51. The molecule has 6 nitrogen and oxygen atoms in total. The van der Waals surface area contributed by atoms with Gasteiger partial charge in [0.1, 0.15) is 5.69 Å². The van der Waals surface area contributed by atoms with Crippen molar-refractivity contribution in [2.45, 2.75) is 13.0 Å². The Morgan fingerprint density at radius 3 is 2.21 bits per heavy atom. The first-order chi connectivity index (χ1) is 13.5. The number of carbonyl (C=O) groups is 1. The lowest BCUT2D eigenvalue weighted by molar-refractivity contribution is -0.383. The first-order valence-corrected chi connectivity index (χ1v) is 8.93. The van der Waals surface area contributed by atoms with E-state index in [-0.39, 0.29) is 29.9 Å². The summed E-state index contributed by atoms with van der Waals surface area (Å²) in [5, 5.41) is 17.0. The number of rotatable bonds is 7. The monoisotopic (exact) mass is 375 g/mol. The number of nitrogens with zero attached hydrogens (tertiary/aromatic N) is 1. The molecule has 1 atom stereocenters. The van der Waals surface area contributed by atoms with Crippen LogP contribution in [0.5, 0.6) is 0 Å². The van der Waals surface area contributed by atoms with Crippen molar-refractivity contribution in [1.82, 2.24) is 5.32 Å². The van der Waals surface area contributed by atoms with Gasteiger partial charge in [-0.1, -0.05) is 72.3 Å². The van der Waals surface area contributed by atoms with Gasteiger partial charge in [-0.2, -0.15) is 0 Å². The Bertz CT molecular complexity index is 956. The molecule has 0 radical (unpaired) electrons. The average molecular weight is 375 g/mol. The number of carbonyl (C=O) groups excluding carboxylic acids is 1. The van der Waals surface area contributed by atoms with E-state index in [4.69, 9.17) is 0 Å². The van der Waals surface area contributed by atoms with Gasteiger partial charge in [-0.25, -0.2) is 0 Å². The molecule has 1 amide bonds. The van der Waals surface area contributed by atoms with Crippen LogP contribution in [0.3, 0.4) is 0 Å². The second-order valence-corrected chi connectivity index (χ2v) is 6.46. The van der Waals surface area contributed by atoms with Crippen molar-refractivity contribution >= 4 is 17.3 Å². The molecule has 0 aliphatic carbocycles. The SMILES string of the molecule is Cc1ccc([C@H](NCC(=O)Nc2ccccc2[N+](=O)[O-])c2ccccc2)cc1. The normalized spacial score (nSPS) is 11.6. The van der Waals surface area contributed by atoms with E-state index in [0.29, 0.717) is 0 Å². The predicted octanol–water partition coefficient (Wildman–Crippen LogP) is 4.22. The summed E-state index contributed by atoms with van der Waals surface area (Å²) in [5.74, 6) is -0.345. The number of amides is 1. The zero-order valence-corrected chi connectivity index (χ0v) is 15.5. The van der Waals surface area contributed by atoms with Crippen LogP contribution < -0.4 is 10.6 Å². The number of aryl methyl sites for hydroxylation is 1. The number of benzene rings is 3. The maximum Gasteiger partial charge on any atom is 0.292 e. The van der Waals surface area contributed by atoms with Crippen molar-refractivity contribution in [3.8, 4) is 0 Å². The summed E-state index contributed by atoms with van der Waals surface area (Å²) in [5.41, 5.74) is 3.28. The number of nitro benzene ring substituents is 1. The lowest BCUT2D eigenvalue weighted by Gasteiger charge is -2.20. The van der Waals surface area contributed by atoms with Gasteiger partial charge in [0.25, 0.3) is 5.69 Å². The molecular formula is C22H21N3O3. The van der Waals surface area contributed by atoms with Crippen LogP contribution in [-0.2, 0) is 4.79 Å². The van der Waals surface area contributed by atoms with Crippen LogP contribution in [-0.4, -0.2) is 17.4 Å². The molecule has 3 aromatic rings. The summed E-state index contributed by atoms with van der Waals surface area (Å²) in [6, 6.07) is 23.9. The Kier molecular flexibility index (Phi) is 6.14.